The van der Waals surface area contributed by atoms with Crippen LogP contribution < -0.4 is 4.65 Å². The van der Waals surface area contributed by atoms with Crippen LogP contribution in [-0.2, 0) is 11.2 Å². The molecule has 0 saturated heterocycles. The van der Waals surface area contributed by atoms with Crippen LogP contribution in [0.5, 0.6) is 5.75 Å². The van der Waals surface area contributed by atoms with Gasteiger partial charge in [-0.15, -0.1) is 0 Å². The quantitative estimate of drug-likeness (QED) is 0.821. The predicted octanol–water partition coefficient (Wildman–Crippen LogP) is 1.60. The highest BCUT2D eigenvalue weighted by Gasteiger charge is 2.39. The molecule has 2 N–H and O–H groups in total. The van der Waals surface area contributed by atoms with Crippen molar-refractivity contribution < 1.29 is 28.8 Å². The first-order valence-electron chi connectivity index (χ1n) is 6.20. The van der Waals surface area contributed by atoms with Gasteiger partial charge in [0.1, 0.15) is 22.9 Å². The van der Waals surface area contributed by atoms with Crippen molar-refractivity contribution in [2.24, 2.45) is 0 Å². The highest BCUT2D eigenvalue weighted by molar-refractivity contribution is 6.46. The number of Topliss-reactive ketones (excluding diaryl/α,β-unsaturated/α-hetero) is 1. The van der Waals surface area contributed by atoms with E-state index in [9.17, 15) is 19.0 Å². The van der Waals surface area contributed by atoms with Crippen molar-refractivity contribution in [1.82, 2.24) is 0 Å². The molecule has 1 aliphatic heterocycles. The molecule has 0 aromatic heterocycles. The summed E-state index contributed by atoms with van der Waals surface area (Å²) in [5.74, 6) is -2.66. The first-order valence-corrected chi connectivity index (χ1v) is 6.20. The molecular formula is C13H14BFO5. The summed E-state index contributed by atoms with van der Waals surface area (Å²) in [6.07, 6.45) is 0.125. The van der Waals surface area contributed by atoms with Crippen LogP contribution in [0.2, 0.25) is 5.82 Å². The fraction of sp³-hybridized carbons (Fsp3) is 0.385. The van der Waals surface area contributed by atoms with Gasteiger partial charge >= 0.3 is 13.1 Å². The van der Waals surface area contributed by atoms with Crippen molar-refractivity contribution in [2.45, 2.75) is 32.5 Å². The topological polar surface area (TPSA) is 83.8 Å². The smallest absolute Gasteiger partial charge is 0.526 e. The van der Waals surface area contributed by atoms with Gasteiger partial charge in [-0.05, 0) is 31.9 Å². The lowest BCUT2D eigenvalue weighted by atomic mass is 9.64. The van der Waals surface area contributed by atoms with E-state index in [0.29, 0.717) is 0 Å². The van der Waals surface area contributed by atoms with Crippen molar-refractivity contribution in [2.75, 3.05) is 0 Å². The Labute approximate surface area is 115 Å². The molecule has 0 bridgehead atoms. The maximum absolute atomic E-state index is 14.1. The van der Waals surface area contributed by atoms with Gasteiger partial charge in [0.2, 0.25) is 0 Å². The van der Waals surface area contributed by atoms with Crippen LogP contribution in [0, 0.1) is 12.7 Å². The number of carboxylic acids is 1. The highest BCUT2D eigenvalue weighted by Crippen LogP contribution is 2.39. The lowest BCUT2D eigenvalue weighted by Gasteiger charge is -2.28. The number of benzene rings is 1. The monoisotopic (exact) mass is 280 g/mol. The first kappa shape index (κ1) is 14.5. The molecule has 0 fully saturated rings. The Balaban J connectivity index is 2.50. The van der Waals surface area contributed by atoms with Gasteiger partial charge in [-0.1, -0.05) is 0 Å². The molecule has 0 radical (unpaired) electrons. The van der Waals surface area contributed by atoms with Crippen molar-refractivity contribution in [3.8, 4) is 5.75 Å². The number of rotatable bonds is 3. The van der Waals surface area contributed by atoms with E-state index in [1.807, 2.05) is 0 Å². The first-order chi connectivity index (χ1) is 9.31. The molecule has 1 aliphatic rings. The molecule has 1 heterocycles. The van der Waals surface area contributed by atoms with Gasteiger partial charge in [-0.2, -0.15) is 0 Å². The number of carboxylic acid groups (broad SMARTS) is 1. The number of carbonyl (C=O) groups is 2. The number of fused-ring (bicyclic) bond motifs is 1. The van der Waals surface area contributed by atoms with E-state index in [4.69, 9.17) is 9.76 Å². The molecule has 2 rings (SSSR count). The van der Waals surface area contributed by atoms with Gasteiger partial charge < -0.3 is 19.6 Å². The number of halogens is 1. The fourth-order valence-corrected chi connectivity index (χ4v) is 2.44. The Kier molecular flexibility index (Phi) is 3.81. The summed E-state index contributed by atoms with van der Waals surface area (Å²) in [7, 11) is -1.31. The maximum Gasteiger partial charge on any atom is 0.526 e. The van der Waals surface area contributed by atoms with Crippen LogP contribution in [0.1, 0.15) is 34.8 Å². The lowest BCUT2D eigenvalue weighted by Crippen LogP contribution is -2.36. The van der Waals surface area contributed by atoms with Crippen LogP contribution in [0.3, 0.4) is 0 Å². The van der Waals surface area contributed by atoms with Crippen molar-refractivity contribution in [3.05, 3.63) is 28.6 Å². The number of hydrogen-bond acceptors (Lipinski definition) is 4. The number of hydrogen-bond donors (Lipinski definition) is 2. The standard InChI is InChI=1S/C13H14BFO5/c1-6-3-10(13(17)18)12-9(11(6)15)5-8(4-7(2)16)14(19)20-12/h3,8,19H,4-5H2,1-2H3,(H,17,18)/t8-/m0/s1. The zero-order valence-electron chi connectivity index (χ0n) is 11.1. The summed E-state index contributed by atoms with van der Waals surface area (Å²) in [6, 6.07) is 1.18. The summed E-state index contributed by atoms with van der Waals surface area (Å²) < 4.78 is 19.3. The van der Waals surface area contributed by atoms with Gasteiger partial charge in [0.25, 0.3) is 0 Å². The largest absolute Gasteiger partial charge is 0.535 e. The molecule has 1 atom stereocenters. The molecule has 106 valence electrons. The van der Waals surface area contributed by atoms with Crippen LogP contribution in [0.25, 0.3) is 0 Å². The molecule has 20 heavy (non-hydrogen) atoms. The minimum Gasteiger partial charge on any atom is -0.535 e. The minimum absolute atomic E-state index is 0.0520. The third-order valence-corrected chi connectivity index (χ3v) is 3.38. The highest BCUT2D eigenvalue weighted by atomic mass is 19.1. The zero-order chi connectivity index (χ0) is 15.0. The van der Waals surface area contributed by atoms with E-state index in [-0.39, 0.29) is 41.1 Å². The van der Waals surface area contributed by atoms with Gasteiger partial charge in [0.05, 0.1) is 0 Å². The van der Waals surface area contributed by atoms with Gasteiger partial charge in [0, 0.05) is 17.8 Å². The van der Waals surface area contributed by atoms with E-state index in [1.54, 1.807) is 0 Å². The van der Waals surface area contributed by atoms with E-state index in [1.165, 1.54) is 19.9 Å². The Morgan fingerprint density at radius 2 is 2.20 bits per heavy atom. The van der Waals surface area contributed by atoms with Crippen LogP contribution in [0.15, 0.2) is 6.07 Å². The second kappa shape index (κ2) is 5.24. The zero-order valence-corrected chi connectivity index (χ0v) is 11.1. The number of carbonyl (C=O) groups excluding carboxylic acids is 1. The normalized spacial score (nSPS) is 17.4. The predicted molar refractivity (Wildman–Crippen MR) is 69.4 cm³/mol. The average molecular weight is 280 g/mol. The summed E-state index contributed by atoms with van der Waals surface area (Å²) in [6.45, 7) is 2.84. The third kappa shape index (κ3) is 2.53. The van der Waals surface area contributed by atoms with Gasteiger partial charge in [0.15, 0.2) is 0 Å². The molecule has 1 aromatic carbocycles. The lowest BCUT2D eigenvalue weighted by molar-refractivity contribution is -0.117. The summed E-state index contributed by atoms with van der Waals surface area (Å²) in [5.41, 5.74) is 0.126. The summed E-state index contributed by atoms with van der Waals surface area (Å²) in [4.78, 5) is 22.3. The maximum atomic E-state index is 14.1. The molecule has 5 nitrogen and oxygen atoms in total. The van der Waals surface area contributed by atoms with E-state index in [0.717, 1.165) is 0 Å². The Morgan fingerprint density at radius 3 is 2.75 bits per heavy atom. The van der Waals surface area contributed by atoms with E-state index >= 15 is 0 Å². The number of ketones is 1. The molecule has 7 heteroatoms. The van der Waals surface area contributed by atoms with Crippen LogP contribution >= 0.6 is 0 Å². The Bertz CT molecular complexity index is 587. The second-order valence-corrected chi connectivity index (χ2v) is 5.05. The third-order valence-electron chi connectivity index (χ3n) is 3.38. The second-order valence-electron chi connectivity index (χ2n) is 5.05. The Morgan fingerprint density at radius 1 is 1.55 bits per heavy atom. The minimum atomic E-state index is -1.31. The van der Waals surface area contributed by atoms with Crippen molar-refractivity contribution in [3.63, 3.8) is 0 Å². The average Bonchev–Trinajstić information content (AvgIpc) is 2.34. The molecule has 1 aromatic rings. The molecule has 0 spiro atoms. The van der Waals surface area contributed by atoms with E-state index in [2.05, 4.69) is 0 Å². The summed E-state index contributed by atoms with van der Waals surface area (Å²) in [5, 5.41) is 19.0. The Hall–Kier alpha value is -1.89. The van der Waals surface area contributed by atoms with E-state index < -0.39 is 24.7 Å². The van der Waals surface area contributed by atoms with Crippen LogP contribution in [0.4, 0.5) is 4.39 Å². The number of aromatic carboxylic acids is 1. The number of aryl methyl sites for hydroxylation is 1. The van der Waals surface area contributed by atoms with Crippen LogP contribution in [-0.4, -0.2) is 29.0 Å². The van der Waals surface area contributed by atoms with Crippen molar-refractivity contribution >= 4 is 18.9 Å². The fourth-order valence-electron chi connectivity index (χ4n) is 2.44. The van der Waals surface area contributed by atoms with Gasteiger partial charge in [-0.25, -0.2) is 9.18 Å². The SMILES string of the molecule is CC(=O)C[C@H]1Cc2c(F)c(C)cc(C(=O)O)c2OB1O. The molecular weight excluding hydrogens is 266 g/mol. The molecule has 0 unspecified atom stereocenters. The van der Waals surface area contributed by atoms with Gasteiger partial charge in [-0.3, -0.25) is 0 Å². The van der Waals surface area contributed by atoms with Crippen molar-refractivity contribution in [1.29, 1.82) is 0 Å². The molecule has 0 aliphatic carbocycles. The summed E-state index contributed by atoms with van der Waals surface area (Å²) >= 11 is 0. The molecule has 0 saturated carbocycles. The molecule has 0 amide bonds.